The Hall–Kier alpha value is -7.63. The van der Waals surface area contributed by atoms with Crippen LogP contribution in [0.15, 0.2) is 174 Å². The van der Waals surface area contributed by atoms with Gasteiger partial charge in [-0.25, -0.2) is 18.2 Å². The summed E-state index contributed by atoms with van der Waals surface area (Å²) in [6, 6.07) is 46.0. The van der Waals surface area contributed by atoms with Crippen LogP contribution in [0.4, 0.5) is 11.4 Å². The van der Waals surface area contributed by atoms with Crippen molar-refractivity contribution < 1.29 is 37.1 Å². The highest BCUT2D eigenvalue weighted by molar-refractivity contribution is 7.91. The van der Waals surface area contributed by atoms with Gasteiger partial charge in [0.1, 0.15) is 23.0 Å². The first-order chi connectivity index (χ1) is 29.3. The summed E-state index contributed by atoms with van der Waals surface area (Å²) in [6.45, 7) is 6.08. The van der Waals surface area contributed by atoms with E-state index in [1.54, 1.807) is 78.9 Å². The van der Waals surface area contributed by atoms with Gasteiger partial charge in [-0.1, -0.05) is 74.0 Å². The van der Waals surface area contributed by atoms with Gasteiger partial charge in [-0.05, 0) is 127 Å². The van der Waals surface area contributed by atoms with E-state index in [0.717, 1.165) is 21.6 Å². The summed E-state index contributed by atoms with van der Waals surface area (Å²) in [6.07, 6.45) is 0. The third-order valence-electron chi connectivity index (χ3n) is 11.1. The van der Waals surface area contributed by atoms with Crippen molar-refractivity contribution in [2.24, 2.45) is 0 Å². The second-order valence-corrected chi connectivity index (χ2v) is 17.3. The Bertz CT molecular complexity index is 3020. The fraction of sp³-hybridized carbons (Fsp3) is 0.0800. The highest BCUT2D eigenvalue weighted by atomic mass is 32.2. The van der Waals surface area contributed by atoms with E-state index >= 15 is 0 Å². The number of carbonyl (C=O) groups excluding carboxylic acids is 4. The number of aryl methyl sites for hydroxylation is 1. The number of rotatable bonds is 10. The summed E-state index contributed by atoms with van der Waals surface area (Å²) in [5, 5.41) is 0. The van der Waals surface area contributed by atoms with Gasteiger partial charge in [0.25, 0.3) is 23.6 Å². The Kier molecular flexibility index (Phi) is 9.48. The maximum Gasteiger partial charge on any atom is 0.266 e. The zero-order valence-electron chi connectivity index (χ0n) is 33.2. The molecule has 2 aliphatic heterocycles. The maximum absolute atomic E-state index is 13.6. The largest absolute Gasteiger partial charge is 0.457 e. The molecule has 7 aromatic rings. The number of hydrogen-bond acceptors (Lipinski definition) is 8. The first-order valence-corrected chi connectivity index (χ1v) is 20.9. The van der Waals surface area contributed by atoms with Gasteiger partial charge < -0.3 is 9.47 Å². The van der Waals surface area contributed by atoms with E-state index in [1.165, 1.54) is 35.2 Å². The number of benzene rings is 7. The smallest absolute Gasteiger partial charge is 0.266 e. The molecule has 7 aromatic carbocycles. The number of hydrogen-bond donors (Lipinski definition) is 0. The Morgan fingerprint density at radius 2 is 0.803 bits per heavy atom. The molecule has 2 heterocycles. The van der Waals surface area contributed by atoms with E-state index in [4.69, 9.17) is 9.47 Å². The number of nitrogens with zero attached hydrogens (tertiary/aromatic N) is 2. The van der Waals surface area contributed by atoms with Crippen molar-refractivity contribution in [1.82, 2.24) is 0 Å². The average molecular weight is 825 g/mol. The summed E-state index contributed by atoms with van der Waals surface area (Å²) in [7, 11) is -3.79. The van der Waals surface area contributed by atoms with Gasteiger partial charge >= 0.3 is 0 Å². The molecule has 0 aliphatic carbocycles. The molecule has 0 aromatic heterocycles. The molecule has 9 rings (SSSR count). The van der Waals surface area contributed by atoms with Crippen LogP contribution < -0.4 is 19.3 Å². The standard InChI is InChI=1S/C50H36N2O8S/c1-31-9-23-40(24-10-31)61(57,58)41-25-15-35(16-26-41)52-47(54)43-28-22-39(30-45(43)49(52)56)60-37-19-13-33(14-20-37)50(2,3)32-11-17-36(18-12-32)59-38-21-27-42-44(29-38)48(55)51(46(42)53)34-7-5-4-6-8-34/h4-30H,1-3H3. The predicted molar refractivity (Wildman–Crippen MR) is 230 cm³/mol. The van der Waals surface area contributed by atoms with Crippen LogP contribution in [0.1, 0.15) is 72.0 Å². The van der Waals surface area contributed by atoms with Crippen molar-refractivity contribution in [1.29, 1.82) is 0 Å². The zero-order valence-corrected chi connectivity index (χ0v) is 34.0. The Balaban J connectivity index is 0.851. The SMILES string of the molecule is Cc1ccc(S(=O)(=O)c2ccc(N3C(=O)c4ccc(Oc5ccc(C(C)(C)c6ccc(Oc7ccc8c(c7)C(=O)N(c7ccccc7)C8=O)cc6)cc5)cc4C3=O)cc2)cc1. The van der Waals surface area contributed by atoms with Crippen LogP contribution in [0.25, 0.3) is 0 Å². The van der Waals surface area contributed by atoms with E-state index in [-0.39, 0.29) is 38.1 Å². The molecule has 0 radical (unpaired) electrons. The van der Waals surface area contributed by atoms with Gasteiger partial charge in [0.15, 0.2) is 0 Å². The zero-order chi connectivity index (χ0) is 42.6. The van der Waals surface area contributed by atoms with E-state index in [2.05, 4.69) is 13.8 Å². The molecule has 0 atom stereocenters. The van der Waals surface area contributed by atoms with E-state index in [0.29, 0.717) is 34.2 Å². The molecule has 0 N–H and O–H groups in total. The Morgan fingerprint density at radius 1 is 0.426 bits per heavy atom. The second-order valence-electron chi connectivity index (χ2n) is 15.3. The number of anilines is 2. The number of sulfone groups is 1. The molecule has 0 saturated carbocycles. The number of ether oxygens (including phenoxy) is 2. The van der Waals surface area contributed by atoms with Crippen LogP contribution >= 0.6 is 0 Å². The van der Waals surface area contributed by atoms with Gasteiger partial charge in [0.2, 0.25) is 9.84 Å². The second kappa shape index (κ2) is 14.9. The van der Waals surface area contributed by atoms with Gasteiger partial charge in [0, 0.05) is 5.41 Å². The molecule has 0 saturated heterocycles. The lowest BCUT2D eigenvalue weighted by molar-refractivity contribution is 0.0910. The minimum absolute atomic E-state index is 0.0498. The topological polar surface area (TPSA) is 127 Å². The van der Waals surface area contributed by atoms with Crippen LogP contribution in [-0.4, -0.2) is 32.0 Å². The van der Waals surface area contributed by atoms with Crippen LogP contribution in [0, 0.1) is 6.92 Å². The molecule has 0 spiro atoms. The third kappa shape index (κ3) is 6.94. The highest BCUT2D eigenvalue weighted by Crippen LogP contribution is 2.38. The number of amides is 4. The fourth-order valence-electron chi connectivity index (χ4n) is 7.56. The van der Waals surface area contributed by atoms with Gasteiger partial charge in [-0.15, -0.1) is 0 Å². The highest BCUT2D eigenvalue weighted by Gasteiger charge is 2.38. The first kappa shape index (κ1) is 38.9. The quantitative estimate of drug-likeness (QED) is 0.125. The van der Waals surface area contributed by atoms with Gasteiger partial charge in [0.05, 0.1) is 43.4 Å². The van der Waals surface area contributed by atoms with Crippen molar-refractivity contribution in [2.75, 3.05) is 9.80 Å². The normalized spacial score (nSPS) is 13.7. The lowest BCUT2D eigenvalue weighted by atomic mass is 9.78. The van der Waals surface area contributed by atoms with Crippen LogP contribution in [0.2, 0.25) is 0 Å². The molecule has 10 nitrogen and oxygen atoms in total. The summed E-state index contributed by atoms with van der Waals surface area (Å²) in [5.41, 5.74) is 4.35. The van der Waals surface area contributed by atoms with Crippen LogP contribution in [0.3, 0.4) is 0 Å². The average Bonchev–Trinajstić information content (AvgIpc) is 3.67. The summed E-state index contributed by atoms with van der Waals surface area (Å²) < 4.78 is 38.6. The summed E-state index contributed by atoms with van der Waals surface area (Å²) in [5.74, 6) is 0.0906. The molecule has 300 valence electrons. The molecule has 0 bridgehead atoms. The van der Waals surface area contributed by atoms with E-state index in [9.17, 15) is 27.6 Å². The Morgan fingerprint density at radius 3 is 1.25 bits per heavy atom. The van der Waals surface area contributed by atoms with Crippen molar-refractivity contribution >= 4 is 44.8 Å². The van der Waals surface area contributed by atoms with Crippen molar-refractivity contribution in [3.8, 4) is 23.0 Å². The Labute approximate surface area is 352 Å². The minimum Gasteiger partial charge on any atom is -0.457 e. The molecule has 4 amide bonds. The molecular weight excluding hydrogens is 789 g/mol. The summed E-state index contributed by atoms with van der Waals surface area (Å²) in [4.78, 5) is 55.6. The maximum atomic E-state index is 13.6. The first-order valence-electron chi connectivity index (χ1n) is 19.4. The van der Waals surface area contributed by atoms with Crippen molar-refractivity contribution in [2.45, 2.75) is 36.0 Å². The lowest BCUT2D eigenvalue weighted by Gasteiger charge is -2.26. The fourth-order valence-corrected chi connectivity index (χ4v) is 8.82. The third-order valence-corrected chi connectivity index (χ3v) is 12.9. The molecule has 0 fully saturated rings. The number of fused-ring (bicyclic) bond motifs is 2. The molecule has 0 unspecified atom stereocenters. The number of carbonyl (C=O) groups is 4. The molecular formula is C50H36N2O8S. The predicted octanol–water partition coefficient (Wildman–Crippen LogP) is 10.3. The van der Waals surface area contributed by atoms with Gasteiger partial charge in [-0.3, -0.25) is 19.2 Å². The van der Waals surface area contributed by atoms with Gasteiger partial charge in [-0.2, -0.15) is 0 Å². The summed E-state index contributed by atoms with van der Waals surface area (Å²) >= 11 is 0. The number of para-hydroxylation sites is 1. The number of imide groups is 2. The molecule has 61 heavy (non-hydrogen) atoms. The lowest BCUT2D eigenvalue weighted by Crippen LogP contribution is -2.29. The van der Waals surface area contributed by atoms with E-state index in [1.807, 2.05) is 61.5 Å². The van der Waals surface area contributed by atoms with Crippen LogP contribution in [-0.2, 0) is 15.3 Å². The molecule has 11 heteroatoms. The van der Waals surface area contributed by atoms with Crippen molar-refractivity contribution in [3.05, 3.63) is 203 Å². The van der Waals surface area contributed by atoms with Crippen molar-refractivity contribution in [3.63, 3.8) is 0 Å². The molecule has 2 aliphatic rings. The minimum atomic E-state index is -3.79. The monoisotopic (exact) mass is 824 g/mol. The van der Waals surface area contributed by atoms with Crippen LogP contribution in [0.5, 0.6) is 23.0 Å². The van der Waals surface area contributed by atoms with E-state index < -0.39 is 33.0 Å².